The fraction of sp³-hybridized carbons (Fsp3) is 0. The Bertz CT molecular complexity index is 271. The van der Waals surface area contributed by atoms with Crippen LogP contribution in [0, 0.1) is 0 Å². The Morgan fingerprint density at radius 2 is 2.40 bits per heavy atom. The van der Waals surface area contributed by atoms with Crippen molar-refractivity contribution < 1.29 is 0 Å². The van der Waals surface area contributed by atoms with Gasteiger partial charge in [0, 0.05) is 8.96 Å². The van der Waals surface area contributed by atoms with Gasteiger partial charge in [0.25, 0.3) is 0 Å². The molecular formula is C7H4BrIS. The lowest BCUT2D eigenvalue weighted by molar-refractivity contribution is 1.93. The molecule has 1 heterocycles. The highest BCUT2D eigenvalue weighted by Gasteiger charge is 1.89. The lowest BCUT2D eigenvalue weighted by atomic mass is 10.4. The van der Waals surface area contributed by atoms with Crippen LogP contribution in [0.1, 0.15) is 4.88 Å². The van der Waals surface area contributed by atoms with Crippen LogP contribution in [0.4, 0.5) is 0 Å². The monoisotopic (exact) mass is 326 g/mol. The molecule has 0 fully saturated rings. The van der Waals surface area contributed by atoms with Gasteiger partial charge in [-0.2, -0.15) is 0 Å². The fourth-order valence-electron chi connectivity index (χ4n) is 0.519. The first kappa shape index (κ1) is 8.53. The maximum atomic E-state index is 3.38. The minimum atomic E-state index is 1.16. The molecule has 0 N–H and O–H groups in total. The number of thiophene rings is 1. The van der Waals surface area contributed by atoms with Crippen LogP contribution in [0.2, 0.25) is 0 Å². The number of halogens is 2. The maximum Gasteiger partial charge on any atom is 0.0705 e. The Morgan fingerprint density at radius 1 is 1.60 bits per heavy atom. The van der Waals surface area contributed by atoms with Crippen LogP contribution in [0.5, 0.6) is 0 Å². The Labute approximate surface area is 85.9 Å². The highest BCUT2D eigenvalue weighted by atomic mass is 127. The molecule has 0 atom stereocenters. The molecule has 1 aromatic rings. The van der Waals surface area contributed by atoms with Crippen molar-refractivity contribution in [3.05, 3.63) is 30.6 Å². The fourth-order valence-corrected chi connectivity index (χ4v) is 2.02. The van der Waals surface area contributed by atoms with Gasteiger partial charge in [0.1, 0.15) is 0 Å². The minimum absolute atomic E-state index is 1.16. The third-order valence-electron chi connectivity index (χ3n) is 0.883. The van der Waals surface area contributed by atoms with Crippen molar-refractivity contribution in [1.29, 1.82) is 0 Å². The van der Waals surface area contributed by atoms with Crippen LogP contribution in [0.3, 0.4) is 0 Å². The normalized spacial score (nSPS) is 8.60. The Morgan fingerprint density at radius 3 is 2.90 bits per heavy atom. The number of hydrogen-bond donors (Lipinski definition) is 0. The Kier molecular flexibility index (Phi) is 3.70. The molecule has 1 aromatic heterocycles. The summed E-state index contributed by atoms with van der Waals surface area (Å²) in [4.78, 5) is 1.22. The van der Waals surface area contributed by atoms with E-state index in [4.69, 9.17) is 0 Å². The minimum Gasteiger partial charge on any atom is -0.128 e. The van der Waals surface area contributed by atoms with Crippen LogP contribution >= 0.6 is 49.9 Å². The van der Waals surface area contributed by atoms with Crippen molar-refractivity contribution >= 4 is 55.9 Å². The third-order valence-corrected chi connectivity index (χ3v) is 2.81. The highest BCUT2D eigenvalue weighted by molar-refractivity contribution is 14.1. The van der Waals surface area contributed by atoms with Gasteiger partial charge >= 0.3 is 0 Å². The summed E-state index contributed by atoms with van der Waals surface area (Å²) in [5.41, 5.74) is 3.00. The topological polar surface area (TPSA) is 0 Å². The van der Waals surface area contributed by atoms with Crippen LogP contribution in [-0.2, 0) is 0 Å². The molecule has 0 nitrogen and oxygen atoms in total. The molecule has 0 spiro atoms. The van der Waals surface area contributed by atoms with Crippen molar-refractivity contribution in [1.82, 2.24) is 0 Å². The lowest BCUT2D eigenvalue weighted by Crippen LogP contribution is -1.48. The molecule has 0 amide bonds. The molecule has 1 rings (SSSR count). The molecule has 0 aliphatic heterocycles. The van der Waals surface area contributed by atoms with E-state index in [1.54, 1.807) is 11.3 Å². The average Bonchev–Trinajstić information content (AvgIpc) is 2.31. The van der Waals surface area contributed by atoms with E-state index in [2.05, 4.69) is 50.3 Å². The highest BCUT2D eigenvalue weighted by Crippen LogP contribution is 2.22. The zero-order valence-electron chi connectivity index (χ0n) is 4.97. The van der Waals surface area contributed by atoms with E-state index >= 15 is 0 Å². The van der Waals surface area contributed by atoms with Gasteiger partial charge in [-0.15, -0.1) is 17.1 Å². The summed E-state index contributed by atoms with van der Waals surface area (Å²) >= 11 is 7.23. The van der Waals surface area contributed by atoms with Gasteiger partial charge in [-0.1, -0.05) is 0 Å². The molecule has 0 aliphatic carbocycles. The summed E-state index contributed by atoms with van der Waals surface area (Å²) in [6.45, 7) is 0. The van der Waals surface area contributed by atoms with Crippen LogP contribution in [0.15, 0.2) is 25.7 Å². The zero-order valence-corrected chi connectivity index (χ0v) is 9.53. The standard InChI is InChI=1S/C7H4BrIS/c8-7-4-3-6(10-7)2-1-5-9/h2-5H. The quantitative estimate of drug-likeness (QED) is 0.539. The summed E-state index contributed by atoms with van der Waals surface area (Å²) < 4.78 is 3.03. The first-order valence-electron chi connectivity index (χ1n) is 2.59. The maximum absolute atomic E-state index is 3.38. The van der Waals surface area contributed by atoms with E-state index in [1.165, 1.54) is 4.88 Å². The van der Waals surface area contributed by atoms with Crippen molar-refractivity contribution in [2.24, 2.45) is 0 Å². The SMILES string of the molecule is Brc1ccc(C=C=CI)s1. The van der Waals surface area contributed by atoms with E-state index < -0.39 is 0 Å². The molecular weight excluding hydrogens is 323 g/mol. The second kappa shape index (κ2) is 4.34. The van der Waals surface area contributed by atoms with Crippen LogP contribution in [-0.4, -0.2) is 0 Å². The molecule has 0 saturated heterocycles. The summed E-state index contributed by atoms with van der Waals surface area (Å²) in [6.07, 6.45) is 1.96. The predicted molar refractivity (Wildman–Crippen MR) is 58.6 cm³/mol. The van der Waals surface area contributed by atoms with Crippen molar-refractivity contribution in [3.63, 3.8) is 0 Å². The largest absolute Gasteiger partial charge is 0.128 e. The Hall–Kier alpha value is 0.430. The van der Waals surface area contributed by atoms with Crippen molar-refractivity contribution in [2.75, 3.05) is 0 Å². The van der Waals surface area contributed by atoms with Gasteiger partial charge in [0.2, 0.25) is 0 Å². The third kappa shape index (κ3) is 2.58. The molecule has 0 aliphatic rings. The first-order valence-corrected chi connectivity index (χ1v) is 5.45. The molecule has 3 heteroatoms. The van der Waals surface area contributed by atoms with E-state index in [-0.39, 0.29) is 0 Å². The lowest BCUT2D eigenvalue weighted by Gasteiger charge is -1.74. The van der Waals surface area contributed by atoms with Crippen LogP contribution in [0.25, 0.3) is 6.08 Å². The molecule has 52 valence electrons. The summed E-state index contributed by atoms with van der Waals surface area (Å²) in [6, 6.07) is 4.09. The van der Waals surface area contributed by atoms with E-state index in [9.17, 15) is 0 Å². The number of hydrogen-bond acceptors (Lipinski definition) is 1. The molecule has 0 bridgehead atoms. The van der Waals surface area contributed by atoms with Gasteiger partial charge < -0.3 is 0 Å². The second-order valence-electron chi connectivity index (χ2n) is 1.56. The number of rotatable bonds is 1. The summed E-state index contributed by atoms with van der Waals surface area (Å²) in [5, 5.41) is 0. The van der Waals surface area contributed by atoms with E-state index in [1.807, 2.05) is 16.2 Å². The first-order chi connectivity index (χ1) is 4.83. The summed E-state index contributed by atoms with van der Waals surface area (Å²) in [5.74, 6) is 0. The summed E-state index contributed by atoms with van der Waals surface area (Å²) in [7, 11) is 0. The molecule has 10 heavy (non-hydrogen) atoms. The van der Waals surface area contributed by atoms with Crippen molar-refractivity contribution in [2.45, 2.75) is 0 Å². The van der Waals surface area contributed by atoms with Gasteiger partial charge in [0.05, 0.1) is 3.79 Å². The van der Waals surface area contributed by atoms with Crippen molar-refractivity contribution in [3.8, 4) is 0 Å². The molecule has 0 unspecified atom stereocenters. The van der Waals surface area contributed by atoms with Crippen LogP contribution < -0.4 is 0 Å². The van der Waals surface area contributed by atoms with Gasteiger partial charge in [-0.3, -0.25) is 0 Å². The molecule has 0 saturated carbocycles. The molecule has 0 radical (unpaired) electrons. The van der Waals surface area contributed by atoms with Gasteiger partial charge in [0.15, 0.2) is 0 Å². The molecule has 0 aromatic carbocycles. The van der Waals surface area contributed by atoms with Gasteiger partial charge in [-0.05, 0) is 56.7 Å². The predicted octanol–water partition coefficient (Wildman–Crippen LogP) is 4.07. The Balaban J connectivity index is 2.86. The van der Waals surface area contributed by atoms with E-state index in [0.29, 0.717) is 0 Å². The average molecular weight is 327 g/mol. The zero-order chi connectivity index (χ0) is 7.40. The van der Waals surface area contributed by atoms with Gasteiger partial charge in [-0.25, -0.2) is 0 Å². The van der Waals surface area contributed by atoms with E-state index in [0.717, 1.165) is 3.79 Å². The second-order valence-corrected chi connectivity index (χ2v) is 4.68. The smallest absolute Gasteiger partial charge is 0.0705 e.